The minimum absolute atomic E-state index is 0. The average Bonchev–Trinajstić information content (AvgIpc) is 3.75. The molecule has 1 unspecified atom stereocenters. The van der Waals surface area contributed by atoms with Crippen LogP contribution >= 0.6 is 23.2 Å². The Kier molecular flexibility index (Phi) is 15.1. The first kappa shape index (κ1) is 48.2. The molecule has 8 rings (SSSR count). The summed E-state index contributed by atoms with van der Waals surface area (Å²) in [6.07, 6.45) is 8.89. The molecule has 0 saturated heterocycles. The summed E-state index contributed by atoms with van der Waals surface area (Å²) in [4.78, 5) is 0. The first-order valence-corrected chi connectivity index (χ1v) is 26.4. The van der Waals surface area contributed by atoms with E-state index in [1.165, 1.54) is 111 Å². The van der Waals surface area contributed by atoms with Crippen LogP contribution in [0.4, 0.5) is 0 Å². The normalized spacial score (nSPS) is 14.2. The van der Waals surface area contributed by atoms with Gasteiger partial charge in [-0.15, -0.1) is 0 Å². The summed E-state index contributed by atoms with van der Waals surface area (Å²) >= 11 is 10.2. The second-order valence-corrected chi connectivity index (χ2v) is 25.6. The fourth-order valence-electron chi connectivity index (χ4n) is 10.4. The average molecular weight is 976 g/mol. The molecule has 0 heterocycles. The number of hydrogen-bond acceptors (Lipinski definition) is 0. The molecule has 5 heteroatoms. The summed E-state index contributed by atoms with van der Waals surface area (Å²) in [6, 6.07) is 41.7. The number of benzene rings is 6. The Labute approximate surface area is 401 Å². The van der Waals surface area contributed by atoms with Gasteiger partial charge in [0.1, 0.15) is 0 Å². The number of allylic oxidation sites excluding steroid dienone is 4. The molecule has 1 atom stereocenters. The summed E-state index contributed by atoms with van der Waals surface area (Å²) in [5.41, 5.74) is 23.0. The molecule has 6 aromatic carbocycles. The van der Waals surface area contributed by atoms with Gasteiger partial charge in [-0.2, -0.15) is 0 Å². The molecule has 0 saturated carbocycles. The first-order chi connectivity index (χ1) is 28.6. The summed E-state index contributed by atoms with van der Waals surface area (Å²) < 4.78 is 3.42. The molecule has 2 aliphatic carbocycles. The molecule has 62 heavy (non-hydrogen) atoms. The molecule has 0 fully saturated rings. The standard InChI is InChI=1S/C31H29.C13H8Cl2.C13H21.2ClH.Zr/c1-18-11-20(3)30(21(4)12-18)24-7-9-28-26(15-24)17-27-16-25(8-10-29(27)28)31-22(5)13-19(2)14-23(31)6;14-12-5-1-10(2-6-12)9-11-3-7-13(15)8-4-11;1-5-6-7-11-8-9-12(10-11)13(2,3)4;;;/h7-17H,1-6H3;1-8H;9-11H,5-7H2,1-4H3;2*1H;/q;;;;;+2/p-2. The van der Waals surface area contributed by atoms with Crippen LogP contribution < -0.4 is 24.8 Å². The summed E-state index contributed by atoms with van der Waals surface area (Å²) in [5, 5.41) is 1.52. The summed E-state index contributed by atoms with van der Waals surface area (Å²) in [7, 11) is 0. The zero-order valence-electron chi connectivity index (χ0n) is 37.8. The molecule has 0 aliphatic heterocycles. The van der Waals surface area contributed by atoms with Crippen molar-refractivity contribution < 1.29 is 46.1 Å². The number of rotatable bonds is 9. The van der Waals surface area contributed by atoms with Crippen LogP contribution in [-0.2, 0) is 21.3 Å². The molecule has 0 amide bonds. The maximum absolute atomic E-state index is 6.69. The van der Waals surface area contributed by atoms with E-state index in [-0.39, 0.29) is 33.9 Å². The molecule has 0 bridgehead atoms. The number of halogens is 4. The van der Waals surface area contributed by atoms with Crippen LogP contribution in [0.1, 0.15) is 106 Å². The van der Waals surface area contributed by atoms with Gasteiger partial charge in [0.2, 0.25) is 0 Å². The number of hydrogen-bond donors (Lipinski definition) is 0. The van der Waals surface area contributed by atoms with Gasteiger partial charge in [-0.1, -0.05) is 0 Å². The van der Waals surface area contributed by atoms with Crippen molar-refractivity contribution in [2.24, 2.45) is 11.3 Å². The van der Waals surface area contributed by atoms with Crippen LogP contribution in [0.25, 0.3) is 33.4 Å². The van der Waals surface area contributed by atoms with Gasteiger partial charge in [0, 0.05) is 0 Å². The fourth-order valence-corrected chi connectivity index (χ4v) is 20.2. The van der Waals surface area contributed by atoms with Crippen molar-refractivity contribution in [3.05, 3.63) is 196 Å². The molecule has 2 aliphatic rings. The minimum Gasteiger partial charge on any atom is -1.00 e. The third-order valence-corrected chi connectivity index (χ3v) is 21.9. The molecule has 0 spiro atoms. The molecule has 0 N–H and O–H groups in total. The largest absolute Gasteiger partial charge is 1.00 e. The molecule has 0 radical (unpaired) electrons. The van der Waals surface area contributed by atoms with Gasteiger partial charge in [0.15, 0.2) is 0 Å². The Morgan fingerprint density at radius 3 is 1.39 bits per heavy atom. The molecule has 6 aromatic rings. The number of aryl methyl sites for hydroxylation is 6. The van der Waals surface area contributed by atoms with Gasteiger partial charge in [-0.05, 0) is 0 Å². The van der Waals surface area contributed by atoms with Crippen molar-refractivity contribution in [3.63, 3.8) is 0 Å². The van der Waals surface area contributed by atoms with Gasteiger partial charge in [-0.25, -0.2) is 0 Å². The van der Waals surface area contributed by atoms with E-state index < -0.39 is 21.3 Å². The molecule has 318 valence electrons. The van der Waals surface area contributed by atoms with Crippen molar-refractivity contribution in [3.8, 4) is 33.4 Å². The van der Waals surface area contributed by atoms with E-state index in [0.29, 0.717) is 5.92 Å². The molecule has 0 aromatic heterocycles. The summed E-state index contributed by atoms with van der Waals surface area (Å²) in [6.45, 7) is 23.0. The van der Waals surface area contributed by atoms with Crippen LogP contribution in [0, 0.1) is 52.9 Å². The zero-order chi connectivity index (χ0) is 42.6. The van der Waals surface area contributed by atoms with Crippen LogP contribution in [0.15, 0.2) is 130 Å². The molecular weight excluding hydrogens is 918 g/mol. The topological polar surface area (TPSA) is 0 Å². The van der Waals surface area contributed by atoms with Crippen LogP contribution in [0.5, 0.6) is 0 Å². The summed E-state index contributed by atoms with van der Waals surface area (Å²) in [5.74, 6) is 0.394. The third kappa shape index (κ3) is 9.42. The number of fused-ring (bicyclic) bond motifs is 3. The smallest absolute Gasteiger partial charge is 1.00 e. The van der Waals surface area contributed by atoms with E-state index in [9.17, 15) is 0 Å². The van der Waals surface area contributed by atoms with Crippen molar-refractivity contribution in [1.82, 2.24) is 0 Å². The van der Waals surface area contributed by atoms with E-state index in [1.54, 1.807) is 3.28 Å². The van der Waals surface area contributed by atoms with Crippen LogP contribution in [-0.4, -0.2) is 3.21 Å². The monoisotopic (exact) mass is 972 g/mol. The van der Waals surface area contributed by atoms with Gasteiger partial charge >= 0.3 is 380 Å². The maximum Gasteiger partial charge on any atom is -1.00 e. The minimum atomic E-state index is -3.22. The predicted molar refractivity (Wildman–Crippen MR) is 258 cm³/mol. The Hall–Kier alpha value is -3.29. The van der Waals surface area contributed by atoms with Gasteiger partial charge in [-0.3, -0.25) is 0 Å². The maximum atomic E-state index is 6.69. The zero-order valence-corrected chi connectivity index (χ0v) is 43.3. The SMILES string of the molecule is CCCCC1C=C(C(C)(C)C)C=[C]1[Zr+2](=[C](c1ccc(Cl)cc1)c1ccc(Cl)cc1)[CH]1c2cc(-c3c(C)cc(C)cc3C)ccc2-c2ccc(-c3c(C)cc(C)cc3C)cc21.[Cl-].[Cl-]. The van der Waals surface area contributed by atoms with Crippen LogP contribution in [0.2, 0.25) is 10.0 Å². The quantitative estimate of drug-likeness (QED) is 0.135. The van der Waals surface area contributed by atoms with E-state index in [1.807, 2.05) is 0 Å². The van der Waals surface area contributed by atoms with Crippen molar-refractivity contribution in [2.75, 3.05) is 0 Å². The van der Waals surface area contributed by atoms with Gasteiger partial charge < -0.3 is 24.8 Å². The van der Waals surface area contributed by atoms with E-state index >= 15 is 0 Å². The predicted octanol–water partition coefficient (Wildman–Crippen LogP) is 10.8. The molecule has 0 nitrogen and oxygen atoms in total. The Morgan fingerprint density at radius 2 is 1.00 bits per heavy atom. The molecular formula is C57H58Cl4Zr. The number of unbranched alkanes of at least 4 members (excludes halogenated alkanes) is 1. The van der Waals surface area contributed by atoms with Gasteiger partial charge in [0.05, 0.1) is 0 Å². The second-order valence-electron chi connectivity index (χ2n) is 18.6. The van der Waals surface area contributed by atoms with E-state index in [2.05, 4.69) is 191 Å². The van der Waals surface area contributed by atoms with Crippen LogP contribution in [0.3, 0.4) is 0 Å². The Balaban J connectivity index is 0.00000321. The van der Waals surface area contributed by atoms with Gasteiger partial charge in [0.25, 0.3) is 0 Å². The van der Waals surface area contributed by atoms with Crippen molar-refractivity contribution in [1.29, 1.82) is 0 Å². The fraction of sp³-hybridized carbons (Fsp3) is 0.281. The van der Waals surface area contributed by atoms with E-state index in [4.69, 9.17) is 23.2 Å². The third-order valence-electron chi connectivity index (χ3n) is 12.9. The van der Waals surface area contributed by atoms with Crippen molar-refractivity contribution in [2.45, 2.75) is 92.1 Å². The van der Waals surface area contributed by atoms with E-state index in [0.717, 1.165) is 16.5 Å². The second kappa shape index (κ2) is 19.4. The Bertz CT molecular complexity index is 2540. The first-order valence-electron chi connectivity index (χ1n) is 21.8. The van der Waals surface area contributed by atoms with Crippen molar-refractivity contribution >= 4 is 26.4 Å². The Morgan fingerprint density at radius 1 is 0.581 bits per heavy atom.